The first-order chi connectivity index (χ1) is 10.3. The molecular formula is C17H23NO3Si. The average Bonchev–Trinajstić information content (AvgIpc) is 2.43. The second kappa shape index (κ2) is 7.75. The van der Waals surface area contributed by atoms with Crippen molar-refractivity contribution in [2.45, 2.75) is 33.4 Å². The van der Waals surface area contributed by atoms with Crippen molar-refractivity contribution in [1.29, 1.82) is 0 Å². The van der Waals surface area contributed by atoms with E-state index in [4.69, 9.17) is 0 Å². The van der Waals surface area contributed by atoms with E-state index in [-0.39, 0.29) is 11.6 Å². The number of rotatable bonds is 6. The van der Waals surface area contributed by atoms with Crippen LogP contribution in [0.4, 0.5) is 0 Å². The molecule has 0 radical (unpaired) electrons. The minimum atomic E-state index is -1.16. The van der Waals surface area contributed by atoms with E-state index in [0.29, 0.717) is 5.57 Å². The van der Waals surface area contributed by atoms with Crippen LogP contribution in [0.1, 0.15) is 25.0 Å². The second-order valence-corrected chi connectivity index (χ2v) is 8.49. The highest BCUT2D eigenvalue weighted by atomic mass is 28.3. The van der Waals surface area contributed by atoms with Crippen LogP contribution in [0.25, 0.3) is 5.57 Å². The van der Waals surface area contributed by atoms with Gasteiger partial charge in [-0.3, -0.25) is 4.79 Å². The Bertz CT molecular complexity index is 633. The van der Waals surface area contributed by atoms with Crippen molar-refractivity contribution >= 4 is 31.4 Å². The van der Waals surface area contributed by atoms with Crippen LogP contribution in [0, 0.1) is 0 Å². The summed E-state index contributed by atoms with van der Waals surface area (Å²) < 4.78 is 0. The highest BCUT2D eigenvalue weighted by molar-refractivity contribution is 6.71. The van der Waals surface area contributed by atoms with E-state index in [0.717, 1.165) is 12.0 Å². The van der Waals surface area contributed by atoms with Crippen molar-refractivity contribution in [3.63, 3.8) is 0 Å². The fourth-order valence-electron chi connectivity index (χ4n) is 2.34. The van der Waals surface area contributed by atoms with Crippen molar-refractivity contribution in [1.82, 2.24) is 5.32 Å². The predicted molar refractivity (Wildman–Crippen MR) is 92.9 cm³/mol. The Hall–Kier alpha value is -2.14. The van der Waals surface area contributed by atoms with E-state index in [9.17, 15) is 14.7 Å². The maximum atomic E-state index is 11.4. The summed E-state index contributed by atoms with van der Waals surface area (Å²) in [6.45, 7) is 11.2. The van der Waals surface area contributed by atoms with Crippen molar-refractivity contribution in [3.8, 4) is 0 Å². The summed E-state index contributed by atoms with van der Waals surface area (Å²) in [4.78, 5) is 22.7. The number of carboxylic acids is 1. The fraction of sp³-hybridized carbons (Fsp3) is 0.294. The summed E-state index contributed by atoms with van der Waals surface area (Å²) in [5.74, 6) is -1.51. The van der Waals surface area contributed by atoms with Gasteiger partial charge in [-0.25, -0.2) is 4.79 Å². The fourth-order valence-corrected chi connectivity index (χ4v) is 3.83. The first-order valence-electron chi connectivity index (χ1n) is 7.23. The quantitative estimate of drug-likeness (QED) is 0.479. The summed E-state index contributed by atoms with van der Waals surface area (Å²) >= 11 is 0. The Morgan fingerprint density at radius 2 is 1.95 bits per heavy atom. The number of carbonyl (C=O) groups excluding carboxylic acids is 1. The molecule has 4 nitrogen and oxygen atoms in total. The maximum absolute atomic E-state index is 11.4. The summed E-state index contributed by atoms with van der Waals surface area (Å²) in [6.07, 6.45) is 2.64. The van der Waals surface area contributed by atoms with Crippen LogP contribution >= 0.6 is 0 Å². The molecule has 0 heterocycles. The lowest BCUT2D eigenvalue weighted by Gasteiger charge is -2.16. The molecule has 0 atom stereocenters. The molecule has 1 aromatic rings. The lowest BCUT2D eigenvalue weighted by atomic mass is 10.0. The standard InChI is InChI=1S/C17H23NO3Si/c1-6-7-13-8-9-14(15(10-13)22(4)5)11(2)16(17(20)21)18-12(3)19/h6,8-10,22H,1,7H2,2-5H3,(H,18,19)(H,20,21). The zero-order valence-electron chi connectivity index (χ0n) is 13.6. The molecule has 1 aromatic carbocycles. The van der Waals surface area contributed by atoms with Crippen molar-refractivity contribution in [3.05, 3.63) is 47.7 Å². The van der Waals surface area contributed by atoms with E-state index in [1.807, 2.05) is 18.2 Å². The maximum Gasteiger partial charge on any atom is 0.352 e. The van der Waals surface area contributed by atoms with Crippen LogP contribution in [0.5, 0.6) is 0 Å². The molecule has 2 N–H and O–H groups in total. The summed E-state index contributed by atoms with van der Waals surface area (Å²) in [7, 11) is -1.16. The molecule has 0 saturated heterocycles. The molecule has 1 rings (SSSR count). The molecule has 0 aliphatic carbocycles. The first-order valence-corrected chi connectivity index (χ1v) is 10.1. The SMILES string of the molecule is C=CCc1ccc(C(C)=C(NC(C)=O)C(=O)O)c([SiH](C)C)c1. The molecule has 0 aliphatic heterocycles. The molecule has 22 heavy (non-hydrogen) atoms. The van der Waals surface area contributed by atoms with E-state index in [1.54, 1.807) is 6.92 Å². The van der Waals surface area contributed by atoms with Crippen LogP contribution in [0.3, 0.4) is 0 Å². The van der Waals surface area contributed by atoms with Gasteiger partial charge in [-0.2, -0.15) is 0 Å². The van der Waals surface area contributed by atoms with E-state index in [2.05, 4.69) is 31.1 Å². The Labute approximate surface area is 133 Å². The Morgan fingerprint density at radius 3 is 2.41 bits per heavy atom. The average molecular weight is 317 g/mol. The molecule has 0 aliphatic rings. The lowest BCUT2D eigenvalue weighted by Crippen LogP contribution is -2.30. The van der Waals surface area contributed by atoms with Gasteiger partial charge in [-0.05, 0) is 30.0 Å². The minimum Gasteiger partial charge on any atom is -0.477 e. The molecule has 0 saturated carbocycles. The Morgan fingerprint density at radius 1 is 1.32 bits per heavy atom. The molecule has 5 heteroatoms. The van der Waals surface area contributed by atoms with Gasteiger partial charge >= 0.3 is 5.97 Å². The number of amides is 1. The van der Waals surface area contributed by atoms with Gasteiger partial charge < -0.3 is 10.4 Å². The van der Waals surface area contributed by atoms with Crippen LogP contribution in [-0.2, 0) is 16.0 Å². The smallest absolute Gasteiger partial charge is 0.352 e. The molecule has 0 unspecified atom stereocenters. The second-order valence-electron chi connectivity index (χ2n) is 5.56. The number of carbonyl (C=O) groups is 2. The Balaban J connectivity index is 3.47. The van der Waals surface area contributed by atoms with E-state index in [1.165, 1.54) is 17.7 Å². The number of allylic oxidation sites excluding steroid dienone is 2. The van der Waals surface area contributed by atoms with Crippen LogP contribution < -0.4 is 10.5 Å². The molecule has 0 aromatic heterocycles. The van der Waals surface area contributed by atoms with Gasteiger partial charge in [0, 0.05) is 6.92 Å². The topological polar surface area (TPSA) is 66.4 Å². The molecule has 118 valence electrons. The van der Waals surface area contributed by atoms with Gasteiger partial charge in [-0.1, -0.05) is 42.6 Å². The van der Waals surface area contributed by atoms with Gasteiger partial charge in [-0.15, -0.1) is 6.58 Å². The molecule has 0 fully saturated rings. The third-order valence-corrected chi connectivity index (χ3v) is 5.13. The minimum absolute atomic E-state index is 0.0557. The number of nitrogens with one attached hydrogen (secondary N) is 1. The summed E-state index contributed by atoms with van der Waals surface area (Å²) in [5.41, 5.74) is 2.60. The third kappa shape index (κ3) is 4.43. The molecule has 0 bridgehead atoms. The van der Waals surface area contributed by atoms with Gasteiger partial charge in [0.15, 0.2) is 0 Å². The third-order valence-electron chi connectivity index (χ3n) is 3.41. The van der Waals surface area contributed by atoms with Gasteiger partial charge in [0.2, 0.25) is 5.91 Å². The first kappa shape index (κ1) is 17.9. The zero-order chi connectivity index (χ0) is 16.9. The molecule has 0 spiro atoms. The van der Waals surface area contributed by atoms with Crippen LogP contribution in [-0.4, -0.2) is 25.8 Å². The number of aliphatic carboxylic acids is 1. The largest absolute Gasteiger partial charge is 0.477 e. The zero-order valence-corrected chi connectivity index (χ0v) is 14.7. The molecular weight excluding hydrogens is 294 g/mol. The van der Waals surface area contributed by atoms with Crippen molar-refractivity contribution in [2.75, 3.05) is 0 Å². The normalized spacial score (nSPS) is 11.9. The lowest BCUT2D eigenvalue weighted by molar-refractivity contribution is -0.134. The number of benzene rings is 1. The van der Waals surface area contributed by atoms with Gasteiger partial charge in [0.1, 0.15) is 5.70 Å². The van der Waals surface area contributed by atoms with Gasteiger partial charge in [0.25, 0.3) is 0 Å². The highest BCUT2D eigenvalue weighted by Crippen LogP contribution is 2.18. The molecule has 1 amide bonds. The van der Waals surface area contributed by atoms with Crippen LogP contribution in [0.2, 0.25) is 13.1 Å². The summed E-state index contributed by atoms with van der Waals surface area (Å²) in [5, 5.41) is 13.0. The number of carboxylic acid groups (broad SMARTS) is 1. The van der Waals surface area contributed by atoms with Crippen molar-refractivity contribution < 1.29 is 14.7 Å². The monoisotopic (exact) mass is 317 g/mol. The van der Waals surface area contributed by atoms with E-state index < -0.39 is 14.8 Å². The van der Waals surface area contributed by atoms with Gasteiger partial charge in [0.05, 0.1) is 8.80 Å². The van der Waals surface area contributed by atoms with Crippen LogP contribution in [0.15, 0.2) is 36.6 Å². The number of hydrogen-bond acceptors (Lipinski definition) is 2. The predicted octanol–water partition coefficient (Wildman–Crippen LogP) is 2.06. The van der Waals surface area contributed by atoms with E-state index >= 15 is 0 Å². The highest BCUT2D eigenvalue weighted by Gasteiger charge is 2.18. The Kier molecular flexibility index (Phi) is 6.31. The van der Waals surface area contributed by atoms with Crippen molar-refractivity contribution in [2.24, 2.45) is 0 Å². The summed E-state index contributed by atoms with van der Waals surface area (Å²) in [6, 6.07) is 6.06. The number of hydrogen-bond donors (Lipinski definition) is 2.